The first-order valence-electron chi connectivity index (χ1n) is 6.00. The summed E-state index contributed by atoms with van der Waals surface area (Å²) in [5.74, 6) is 0.325. The monoisotopic (exact) mass is 240 g/mol. The summed E-state index contributed by atoms with van der Waals surface area (Å²) in [4.78, 5) is 13.8. The van der Waals surface area contributed by atoms with Gasteiger partial charge in [-0.3, -0.25) is 4.79 Å². The maximum absolute atomic E-state index is 11.7. The molecule has 2 radical (unpaired) electrons. The Bertz CT molecular complexity index is 265. The molecule has 0 aromatic carbocycles. The van der Waals surface area contributed by atoms with Crippen LogP contribution in [-0.2, 0) is 9.53 Å². The second-order valence-electron chi connectivity index (χ2n) is 4.92. The fourth-order valence-electron chi connectivity index (χ4n) is 2.36. The Kier molecular flexibility index (Phi) is 3.66. The number of rotatable bonds is 3. The van der Waals surface area contributed by atoms with Crippen molar-refractivity contribution in [1.82, 2.24) is 9.47 Å². The predicted octanol–water partition coefficient (Wildman–Crippen LogP) is 0.296. The van der Waals surface area contributed by atoms with E-state index in [9.17, 15) is 4.79 Å². The lowest BCUT2D eigenvalue weighted by molar-refractivity contribution is -0.130. The summed E-state index contributed by atoms with van der Waals surface area (Å²) in [7, 11) is 0.686. The minimum atomic E-state index is -0.00900. The number of hydrogen-bond donors (Lipinski definition) is 0. The number of nitrogens with zero attached hydrogens (tertiary/aromatic N) is 2. The maximum Gasteiger partial charge on any atom is 0.222 e. The molecule has 0 aromatic rings. The Balaban J connectivity index is 1.92. The van der Waals surface area contributed by atoms with Crippen LogP contribution in [0.4, 0.5) is 0 Å². The number of amides is 1. The average Bonchev–Trinajstić information content (AvgIpc) is 2.66. The van der Waals surface area contributed by atoms with Crippen LogP contribution < -0.4 is 0 Å². The number of hydrogen-bond acceptors (Lipinski definition) is 3. The fourth-order valence-corrected chi connectivity index (χ4v) is 3.90. The molecule has 0 unspecified atom stereocenters. The lowest BCUT2D eigenvalue weighted by Gasteiger charge is -2.39. The molecule has 1 amide bonds. The predicted molar refractivity (Wildman–Crippen MR) is 63.2 cm³/mol. The summed E-state index contributed by atoms with van der Waals surface area (Å²) in [5, 5.41) is -0.00900. The quantitative estimate of drug-likeness (QED) is 0.665. The van der Waals surface area contributed by atoms with E-state index in [1.54, 1.807) is 0 Å². The van der Waals surface area contributed by atoms with E-state index in [0.29, 0.717) is 15.6 Å². The van der Waals surface area contributed by atoms with Gasteiger partial charge in [-0.25, -0.2) is 0 Å². The van der Waals surface area contributed by atoms with Gasteiger partial charge in [0.15, 0.2) is 9.68 Å². The van der Waals surface area contributed by atoms with Crippen molar-refractivity contribution in [2.45, 2.75) is 31.9 Å². The normalized spacial score (nSPS) is 24.1. The first kappa shape index (κ1) is 12.1. The van der Waals surface area contributed by atoms with Crippen LogP contribution in [0.3, 0.4) is 0 Å². The molecule has 2 aliphatic heterocycles. The number of likely N-dealkylation sites (tertiary alicyclic amines) is 1. The van der Waals surface area contributed by atoms with Crippen molar-refractivity contribution in [2.75, 3.05) is 32.8 Å². The van der Waals surface area contributed by atoms with Crippen LogP contribution in [0.15, 0.2) is 0 Å². The highest BCUT2D eigenvalue weighted by molar-refractivity contribution is 6.37. The molecule has 0 atom stereocenters. The second-order valence-corrected chi connectivity index (χ2v) is 7.00. The molecule has 2 fully saturated rings. The number of ether oxygens (including phenoxy) is 1. The molecule has 0 bridgehead atoms. The van der Waals surface area contributed by atoms with Crippen molar-refractivity contribution in [3.8, 4) is 0 Å². The van der Waals surface area contributed by atoms with Gasteiger partial charge >= 0.3 is 0 Å². The molecule has 5 heteroatoms. The highest BCUT2D eigenvalue weighted by Crippen LogP contribution is 2.22. The van der Waals surface area contributed by atoms with Crippen LogP contribution in [0.1, 0.15) is 26.7 Å². The van der Waals surface area contributed by atoms with Gasteiger partial charge in [-0.05, 0) is 20.3 Å². The van der Waals surface area contributed by atoms with Gasteiger partial charge in [0.25, 0.3) is 0 Å². The molecular weight excluding hydrogens is 220 g/mol. The van der Waals surface area contributed by atoms with Gasteiger partial charge in [0.1, 0.15) is 0 Å². The van der Waals surface area contributed by atoms with Gasteiger partial charge in [-0.1, -0.05) is 0 Å². The van der Waals surface area contributed by atoms with Gasteiger partial charge < -0.3 is 14.2 Å². The molecule has 2 rings (SSSR count). The smallest absolute Gasteiger partial charge is 0.222 e. The molecule has 0 N–H and O–H groups in total. The Hall–Kier alpha value is -0.393. The van der Waals surface area contributed by atoms with E-state index in [1.807, 2.05) is 0 Å². The van der Waals surface area contributed by atoms with Crippen molar-refractivity contribution in [1.29, 1.82) is 0 Å². The van der Waals surface area contributed by atoms with Gasteiger partial charge in [0, 0.05) is 31.2 Å². The zero-order chi connectivity index (χ0) is 11.6. The first-order chi connectivity index (χ1) is 7.59. The van der Waals surface area contributed by atoms with Gasteiger partial charge in [0.05, 0.1) is 13.2 Å². The lowest BCUT2D eigenvalue weighted by atomic mass is 10.3. The topological polar surface area (TPSA) is 32.8 Å². The van der Waals surface area contributed by atoms with Crippen molar-refractivity contribution in [3.63, 3.8) is 0 Å². The fraction of sp³-hybridized carbons (Fsp3) is 0.909. The van der Waals surface area contributed by atoms with Crippen molar-refractivity contribution in [3.05, 3.63) is 0 Å². The van der Waals surface area contributed by atoms with E-state index < -0.39 is 0 Å². The van der Waals surface area contributed by atoms with Crippen LogP contribution in [0.5, 0.6) is 0 Å². The number of carbonyl (C=O) groups excluding carboxylic acids is 1. The summed E-state index contributed by atoms with van der Waals surface area (Å²) in [6, 6.07) is 0. The third kappa shape index (κ3) is 2.64. The average molecular weight is 240 g/mol. The van der Waals surface area contributed by atoms with Gasteiger partial charge in [0.2, 0.25) is 5.91 Å². The molecular formula is C11H20N2O2Si. The van der Waals surface area contributed by atoms with E-state index >= 15 is 0 Å². The Morgan fingerprint density at radius 1 is 1.25 bits per heavy atom. The van der Waals surface area contributed by atoms with Crippen LogP contribution in [0.2, 0.25) is 0 Å². The standard InChI is InChI=1S/C11H20N2O2Si/c1-11(2,13-5-3-4-10(13)14)16-12-6-8-15-9-7-12/h3-9H2,1-2H3. The summed E-state index contributed by atoms with van der Waals surface area (Å²) >= 11 is 0. The van der Waals surface area contributed by atoms with Gasteiger partial charge in [-0.2, -0.15) is 0 Å². The van der Waals surface area contributed by atoms with Crippen LogP contribution in [-0.4, -0.2) is 63.1 Å². The van der Waals surface area contributed by atoms with E-state index in [2.05, 4.69) is 23.3 Å². The van der Waals surface area contributed by atoms with E-state index in [4.69, 9.17) is 4.74 Å². The highest BCUT2D eigenvalue weighted by atomic mass is 28.2. The number of morpholine rings is 1. The molecule has 4 nitrogen and oxygen atoms in total. The molecule has 0 aliphatic carbocycles. The summed E-state index contributed by atoms with van der Waals surface area (Å²) in [6.45, 7) is 8.97. The summed E-state index contributed by atoms with van der Waals surface area (Å²) < 4.78 is 7.77. The van der Waals surface area contributed by atoms with E-state index in [0.717, 1.165) is 45.7 Å². The van der Waals surface area contributed by atoms with E-state index in [1.165, 1.54) is 0 Å². The first-order valence-corrected chi connectivity index (χ1v) is 6.95. The molecule has 2 heterocycles. The molecule has 0 spiro atoms. The molecule has 16 heavy (non-hydrogen) atoms. The largest absolute Gasteiger partial charge is 0.379 e. The summed E-state index contributed by atoms with van der Waals surface area (Å²) in [6.07, 6.45) is 1.76. The van der Waals surface area contributed by atoms with Crippen LogP contribution in [0, 0.1) is 0 Å². The highest BCUT2D eigenvalue weighted by Gasteiger charge is 2.36. The Morgan fingerprint density at radius 3 is 2.50 bits per heavy atom. The van der Waals surface area contributed by atoms with E-state index in [-0.39, 0.29) is 5.16 Å². The van der Waals surface area contributed by atoms with Gasteiger partial charge in [-0.15, -0.1) is 0 Å². The van der Waals surface area contributed by atoms with Crippen molar-refractivity contribution in [2.24, 2.45) is 0 Å². The van der Waals surface area contributed by atoms with Crippen LogP contribution in [0.25, 0.3) is 0 Å². The summed E-state index contributed by atoms with van der Waals surface area (Å²) in [5.41, 5.74) is 0. The Labute approximate surface area is 99.8 Å². The third-order valence-electron chi connectivity index (χ3n) is 3.19. The minimum Gasteiger partial charge on any atom is -0.379 e. The lowest BCUT2D eigenvalue weighted by Crippen LogP contribution is -2.56. The molecule has 90 valence electrons. The third-order valence-corrected chi connectivity index (χ3v) is 4.77. The Morgan fingerprint density at radius 2 is 1.94 bits per heavy atom. The zero-order valence-electron chi connectivity index (χ0n) is 10.2. The zero-order valence-corrected chi connectivity index (χ0v) is 11.2. The van der Waals surface area contributed by atoms with Crippen LogP contribution >= 0.6 is 0 Å². The maximum atomic E-state index is 11.7. The molecule has 2 saturated heterocycles. The minimum absolute atomic E-state index is 0.00900. The van der Waals surface area contributed by atoms with Crippen molar-refractivity contribution < 1.29 is 9.53 Å². The SMILES string of the molecule is CC(C)([Si]N1CCOCC1)N1CCCC1=O. The molecule has 0 aromatic heterocycles. The number of carbonyl (C=O) groups is 1. The molecule has 0 saturated carbocycles. The van der Waals surface area contributed by atoms with Crippen molar-refractivity contribution >= 4 is 15.6 Å². The second kappa shape index (κ2) is 4.85. The molecule has 2 aliphatic rings.